The maximum absolute atomic E-state index is 13.9. The first-order chi connectivity index (χ1) is 13.0. The van der Waals surface area contributed by atoms with E-state index in [1.165, 1.54) is 29.2 Å². The highest BCUT2D eigenvalue weighted by Crippen LogP contribution is 2.33. The molecule has 2 heterocycles. The van der Waals surface area contributed by atoms with Crippen LogP contribution in [0.25, 0.3) is 0 Å². The van der Waals surface area contributed by atoms with Crippen molar-refractivity contribution in [3.05, 3.63) is 89.5 Å². The third kappa shape index (κ3) is 3.16. The van der Waals surface area contributed by atoms with Gasteiger partial charge in [-0.1, -0.05) is 18.2 Å². The SMILES string of the molecule is O=C(Nc1ccccc1F)N1CCn2cccc2[C@@H]1c1ccc(F)c(F)c1. The van der Waals surface area contributed by atoms with E-state index in [2.05, 4.69) is 5.32 Å². The molecule has 27 heavy (non-hydrogen) atoms. The first-order valence-corrected chi connectivity index (χ1v) is 8.47. The molecule has 2 aromatic carbocycles. The lowest BCUT2D eigenvalue weighted by Gasteiger charge is -2.37. The number of nitrogens with zero attached hydrogens (tertiary/aromatic N) is 2. The summed E-state index contributed by atoms with van der Waals surface area (Å²) in [6, 6.07) is 12.0. The number of carbonyl (C=O) groups excluding carboxylic acids is 1. The Labute approximate surface area is 153 Å². The zero-order valence-electron chi connectivity index (χ0n) is 14.2. The maximum Gasteiger partial charge on any atom is 0.322 e. The summed E-state index contributed by atoms with van der Waals surface area (Å²) in [5, 5.41) is 2.56. The highest BCUT2D eigenvalue weighted by atomic mass is 19.2. The Balaban J connectivity index is 1.71. The molecule has 0 aliphatic carbocycles. The summed E-state index contributed by atoms with van der Waals surface area (Å²) in [6.07, 6.45) is 1.87. The highest BCUT2D eigenvalue weighted by molar-refractivity contribution is 5.90. The number of rotatable bonds is 2. The summed E-state index contributed by atoms with van der Waals surface area (Å²) in [4.78, 5) is 14.4. The van der Waals surface area contributed by atoms with E-state index < -0.39 is 29.5 Å². The fraction of sp³-hybridized carbons (Fsp3) is 0.150. The van der Waals surface area contributed by atoms with Crippen molar-refractivity contribution >= 4 is 11.7 Å². The quantitative estimate of drug-likeness (QED) is 0.705. The molecule has 4 nitrogen and oxygen atoms in total. The van der Waals surface area contributed by atoms with E-state index in [9.17, 15) is 18.0 Å². The van der Waals surface area contributed by atoms with Crippen molar-refractivity contribution in [2.45, 2.75) is 12.6 Å². The first-order valence-electron chi connectivity index (χ1n) is 8.47. The van der Waals surface area contributed by atoms with Gasteiger partial charge in [0.2, 0.25) is 0 Å². The Bertz CT molecular complexity index is 1000. The second-order valence-electron chi connectivity index (χ2n) is 6.31. The van der Waals surface area contributed by atoms with Crippen LogP contribution in [0.5, 0.6) is 0 Å². The number of anilines is 1. The number of fused-ring (bicyclic) bond motifs is 1. The Hall–Kier alpha value is -3.22. The molecule has 0 spiro atoms. The van der Waals surface area contributed by atoms with Gasteiger partial charge >= 0.3 is 6.03 Å². The lowest BCUT2D eigenvalue weighted by Crippen LogP contribution is -2.44. The van der Waals surface area contributed by atoms with Gasteiger partial charge in [-0.2, -0.15) is 0 Å². The van der Waals surface area contributed by atoms with Gasteiger partial charge in [0, 0.05) is 25.0 Å². The van der Waals surface area contributed by atoms with Crippen molar-refractivity contribution in [1.82, 2.24) is 9.47 Å². The van der Waals surface area contributed by atoms with Gasteiger partial charge in [0.25, 0.3) is 0 Å². The predicted octanol–water partition coefficient (Wildman–Crippen LogP) is 4.54. The van der Waals surface area contributed by atoms with E-state index in [0.717, 1.165) is 17.8 Å². The van der Waals surface area contributed by atoms with Crippen LogP contribution in [0.15, 0.2) is 60.8 Å². The Kier molecular flexibility index (Phi) is 4.35. The molecule has 1 aliphatic rings. The highest BCUT2D eigenvalue weighted by Gasteiger charge is 2.33. The van der Waals surface area contributed by atoms with Gasteiger partial charge in [-0.05, 0) is 42.0 Å². The molecule has 0 bridgehead atoms. The predicted molar refractivity (Wildman–Crippen MR) is 94.8 cm³/mol. The van der Waals surface area contributed by atoms with Gasteiger partial charge in [0.05, 0.1) is 11.7 Å². The number of urea groups is 1. The van der Waals surface area contributed by atoms with Crippen molar-refractivity contribution in [3.63, 3.8) is 0 Å². The first kappa shape index (κ1) is 17.2. The lowest BCUT2D eigenvalue weighted by atomic mass is 10.00. The van der Waals surface area contributed by atoms with E-state index in [1.54, 1.807) is 6.07 Å². The minimum absolute atomic E-state index is 0.0625. The van der Waals surface area contributed by atoms with Gasteiger partial charge in [-0.15, -0.1) is 0 Å². The molecule has 0 saturated carbocycles. The monoisotopic (exact) mass is 371 g/mol. The summed E-state index contributed by atoms with van der Waals surface area (Å²) < 4.78 is 43.0. The number of aromatic nitrogens is 1. The zero-order valence-corrected chi connectivity index (χ0v) is 14.2. The number of nitrogens with one attached hydrogen (secondary N) is 1. The number of para-hydroxylation sites is 1. The van der Waals surface area contributed by atoms with Gasteiger partial charge in [0.15, 0.2) is 11.6 Å². The zero-order chi connectivity index (χ0) is 19.0. The average Bonchev–Trinajstić information content (AvgIpc) is 3.14. The number of hydrogen-bond donors (Lipinski definition) is 1. The number of benzene rings is 2. The van der Waals surface area contributed by atoms with Crippen LogP contribution in [0, 0.1) is 17.5 Å². The average molecular weight is 371 g/mol. The molecular weight excluding hydrogens is 355 g/mol. The lowest BCUT2D eigenvalue weighted by molar-refractivity contribution is 0.181. The minimum Gasteiger partial charge on any atom is -0.348 e. The Morgan fingerprint density at radius 2 is 1.74 bits per heavy atom. The van der Waals surface area contributed by atoms with Crippen LogP contribution in [0.3, 0.4) is 0 Å². The largest absolute Gasteiger partial charge is 0.348 e. The molecule has 1 atom stereocenters. The van der Waals surface area contributed by atoms with Crippen LogP contribution in [-0.4, -0.2) is 22.0 Å². The van der Waals surface area contributed by atoms with E-state index in [4.69, 9.17) is 0 Å². The van der Waals surface area contributed by atoms with Crippen molar-refractivity contribution < 1.29 is 18.0 Å². The third-order valence-corrected chi connectivity index (χ3v) is 4.67. The van der Waals surface area contributed by atoms with Crippen molar-refractivity contribution in [2.24, 2.45) is 0 Å². The smallest absolute Gasteiger partial charge is 0.322 e. The molecule has 3 aromatic rings. The van der Waals surface area contributed by atoms with Gasteiger partial charge in [-0.25, -0.2) is 18.0 Å². The number of amides is 2. The number of hydrogen-bond acceptors (Lipinski definition) is 1. The van der Waals surface area contributed by atoms with Crippen LogP contribution >= 0.6 is 0 Å². The summed E-state index contributed by atoms with van der Waals surface area (Å²) in [7, 11) is 0. The minimum atomic E-state index is -0.981. The molecule has 138 valence electrons. The fourth-order valence-corrected chi connectivity index (χ4v) is 3.38. The van der Waals surface area contributed by atoms with E-state index >= 15 is 0 Å². The molecule has 0 unspecified atom stereocenters. The Morgan fingerprint density at radius 3 is 2.52 bits per heavy atom. The second-order valence-corrected chi connectivity index (χ2v) is 6.31. The summed E-state index contributed by atoms with van der Waals surface area (Å²) in [5.41, 5.74) is 1.28. The topological polar surface area (TPSA) is 37.3 Å². The normalized spacial score (nSPS) is 16.1. The van der Waals surface area contributed by atoms with Gasteiger partial charge in [-0.3, -0.25) is 0 Å². The number of halogens is 3. The van der Waals surface area contributed by atoms with E-state index in [1.807, 2.05) is 22.9 Å². The van der Waals surface area contributed by atoms with Crippen LogP contribution in [0.2, 0.25) is 0 Å². The molecule has 1 N–H and O–H groups in total. The fourth-order valence-electron chi connectivity index (χ4n) is 3.38. The van der Waals surface area contributed by atoms with Crippen LogP contribution in [0.1, 0.15) is 17.3 Å². The van der Waals surface area contributed by atoms with Crippen LogP contribution < -0.4 is 5.32 Å². The maximum atomic E-state index is 13.9. The standard InChI is InChI=1S/C20H16F3N3O/c21-14-8-7-13(12-16(14)23)19-18-6-3-9-25(18)10-11-26(19)20(27)24-17-5-2-1-4-15(17)22/h1-9,12,19H,10-11H2,(H,24,27)/t19-/m0/s1. The summed E-state index contributed by atoms with van der Waals surface area (Å²) >= 11 is 0. The summed E-state index contributed by atoms with van der Waals surface area (Å²) in [5.74, 6) is -2.48. The number of carbonyl (C=O) groups is 1. The van der Waals surface area contributed by atoms with Gasteiger partial charge < -0.3 is 14.8 Å². The molecule has 0 fully saturated rings. The molecule has 7 heteroatoms. The Morgan fingerprint density at radius 1 is 0.926 bits per heavy atom. The molecular formula is C20H16F3N3O. The molecule has 1 aliphatic heterocycles. The van der Waals surface area contributed by atoms with Crippen LogP contribution in [-0.2, 0) is 6.54 Å². The van der Waals surface area contributed by atoms with Crippen molar-refractivity contribution in [3.8, 4) is 0 Å². The molecule has 4 rings (SSSR count). The molecule has 1 aromatic heterocycles. The molecule has 0 saturated heterocycles. The molecule has 2 amide bonds. The van der Waals surface area contributed by atoms with E-state index in [-0.39, 0.29) is 5.69 Å². The van der Waals surface area contributed by atoms with E-state index in [0.29, 0.717) is 18.7 Å². The van der Waals surface area contributed by atoms with Crippen molar-refractivity contribution in [2.75, 3.05) is 11.9 Å². The second kappa shape index (κ2) is 6.83. The van der Waals surface area contributed by atoms with Gasteiger partial charge in [0.1, 0.15) is 5.82 Å². The third-order valence-electron chi connectivity index (χ3n) is 4.67. The molecule has 0 radical (unpaired) electrons. The van der Waals surface area contributed by atoms with Crippen molar-refractivity contribution in [1.29, 1.82) is 0 Å². The summed E-state index contributed by atoms with van der Waals surface area (Å²) in [6.45, 7) is 0.888. The van der Waals surface area contributed by atoms with Crippen LogP contribution in [0.4, 0.5) is 23.7 Å².